The second-order valence-electron chi connectivity index (χ2n) is 8.71. The minimum atomic E-state index is -0.230. The third kappa shape index (κ3) is 3.76. The van der Waals surface area contributed by atoms with Crippen molar-refractivity contribution >= 4 is 6.03 Å². The predicted molar refractivity (Wildman–Crippen MR) is 115 cm³/mol. The molecule has 30 heavy (non-hydrogen) atoms. The van der Waals surface area contributed by atoms with Crippen molar-refractivity contribution in [1.82, 2.24) is 14.7 Å². The summed E-state index contributed by atoms with van der Waals surface area (Å²) in [6.07, 6.45) is 0. The van der Waals surface area contributed by atoms with E-state index < -0.39 is 0 Å². The summed E-state index contributed by atoms with van der Waals surface area (Å²) in [5.41, 5.74) is 3.11. The maximum atomic E-state index is 14.5. The number of urea groups is 1. The molecule has 160 valence electrons. The Hall–Kier alpha value is -2.60. The Bertz CT molecular complexity index is 932. The number of amides is 2. The smallest absolute Gasteiger partial charge is 0.320 e. The van der Waals surface area contributed by atoms with Gasteiger partial charge in [0.05, 0.1) is 13.2 Å². The summed E-state index contributed by atoms with van der Waals surface area (Å²) in [5.74, 6) is 1.04. The molecule has 4 rings (SSSR count). The first-order chi connectivity index (χ1) is 14.4. The van der Waals surface area contributed by atoms with Crippen LogP contribution in [-0.4, -0.2) is 61.6 Å². The fraction of sp³-hybridized carbons (Fsp3) is 0.458. The molecule has 0 radical (unpaired) electrons. The van der Waals surface area contributed by atoms with E-state index in [0.717, 1.165) is 19.6 Å². The summed E-state index contributed by atoms with van der Waals surface area (Å²) in [6.45, 7) is 5.15. The number of benzene rings is 2. The number of halogens is 1. The van der Waals surface area contributed by atoms with Crippen molar-refractivity contribution in [2.24, 2.45) is 11.8 Å². The fourth-order valence-corrected chi connectivity index (χ4v) is 5.06. The Kier molecular flexibility index (Phi) is 5.69. The maximum Gasteiger partial charge on any atom is 0.320 e. The van der Waals surface area contributed by atoms with E-state index in [9.17, 15) is 9.18 Å². The molecule has 6 heteroatoms. The van der Waals surface area contributed by atoms with Crippen LogP contribution in [0.25, 0.3) is 0 Å². The second-order valence-corrected chi connectivity index (χ2v) is 8.71. The average Bonchev–Trinajstić information content (AvgIpc) is 3.26. The molecule has 0 unspecified atom stereocenters. The predicted octanol–water partition coefficient (Wildman–Crippen LogP) is 3.93. The highest BCUT2D eigenvalue weighted by Crippen LogP contribution is 2.46. The molecule has 2 aliphatic heterocycles. The molecule has 2 aromatic carbocycles. The molecule has 3 atom stereocenters. The van der Waals surface area contributed by atoms with Crippen molar-refractivity contribution in [3.05, 3.63) is 65.0 Å². The molecule has 0 spiro atoms. The number of aryl methyl sites for hydroxylation is 1. The first-order valence-corrected chi connectivity index (χ1v) is 10.5. The summed E-state index contributed by atoms with van der Waals surface area (Å²) in [4.78, 5) is 18.9. The van der Waals surface area contributed by atoms with Crippen LogP contribution in [0, 0.1) is 24.6 Å². The molecule has 2 aliphatic rings. The molecule has 0 bridgehead atoms. The summed E-state index contributed by atoms with van der Waals surface area (Å²) < 4.78 is 19.6. The van der Waals surface area contributed by atoms with Crippen molar-refractivity contribution in [3.63, 3.8) is 0 Å². The van der Waals surface area contributed by atoms with Gasteiger partial charge in [0.15, 0.2) is 0 Å². The molecule has 0 saturated carbocycles. The molecule has 2 saturated heterocycles. The van der Waals surface area contributed by atoms with Gasteiger partial charge in [-0.3, -0.25) is 4.90 Å². The van der Waals surface area contributed by atoms with Crippen LogP contribution >= 0.6 is 0 Å². The Balaban J connectivity index is 1.57. The van der Waals surface area contributed by atoms with Gasteiger partial charge in [-0.2, -0.15) is 0 Å². The van der Waals surface area contributed by atoms with Gasteiger partial charge in [0.1, 0.15) is 11.6 Å². The number of rotatable bonds is 4. The zero-order chi connectivity index (χ0) is 21.4. The van der Waals surface area contributed by atoms with E-state index in [-0.39, 0.29) is 17.9 Å². The molecular weight excluding hydrogens is 381 g/mol. The van der Waals surface area contributed by atoms with E-state index >= 15 is 0 Å². The molecule has 2 fully saturated rings. The van der Waals surface area contributed by atoms with Crippen LogP contribution < -0.4 is 4.74 Å². The first kappa shape index (κ1) is 20.7. The fourth-order valence-electron chi connectivity index (χ4n) is 5.06. The third-order valence-electron chi connectivity index (χ3n) is 6.53. The van der Waals surface area contributed by atoms with Crippen molar-refractivity contribution in [3.8, 4) is 5.75 Å². The highest BCUT2D eigenvalue weighted by molar-refractivity contribution is 5.75. The van der Waals surface area contributed by atoms with Crippen LogP contribution in [0.3, 0.4) is 0 Å². The van der Waals surface area contributed by atoms with Gasteiger partial charge in [-0.25, -0.2) is 9.18 Å². The minimum Gasteiger partial charge on any atom is -0.497 e. The Morgan fingerprint density at radius 2 is 1.93 bits per heavy atom. The molecule has 2 heterocycles. The largest absolute Gasteiger partial charge is 0.497 e. The van der Waals surface area contributed by atoms with E-state index in [0.29, 0.717) is 29.7 Å². The number of likely N-dealkylation sites (tertiary alicyclic amines) is 2. The molecule has 5 nitrogen and oxygen atoms in total. The summed E-state index contributed by atoms with van der Waals surface area (Å²) >= 11 is 0. The lowest BCUT2D eigenvalue weighted by atomic mass is 9.88. The number of hydrogen-bond donors (Lipinski definition) is 0. The number of nitrogens with zero attached hydrogens (tertiary/aromatic N) is 3. The van der Waals surface area contributed by atoms with Crippen molar-refractivity contribution in [1.29, 1.82) is 0 Å². The van der Waals surface area contributed by atoms with Gasteiger partial charge in [-0.15, -0.1) is 0 Å². The lowest BCUT2D eigenvalue weighted by molar-refractivity contribution is 0.151. The first-order valence-electron chi connectivity index (χ1n) is 10.5. The minimum absolute atomic E-state index is 0.0526. The highest BCUT2D eigenvalue weighted by atomic mass is 19.1. The van der Waals surface area contributed by atoms with Crippen LogP contribution in [0.2, 0.25) is 0 Å². The van der Waals surface area contributed by atoms with Gasteiger partial charge in [0.2, 0.25) is 0 Å². The lowest BCUT2D eigenvalue weighted by Crippen LogP contribution is -2.41. The zero-order valence-electron chi connectivity index (χ0n) is 18.1. The standard InChI is InChI=1S/C24H30FN3O2/c1-16-7-5-6-8-20(16)23-21-15-27(12-17-9-10-19(30-4)11-22(17)25)13-18(21)14-28(23)24(29)26(2)3/h5-11,18,21,23H,12-15H2,1-4H3/t18-,21-,23+/m1/s1. The normalized spacial score (nSPS) is 23.5. The Morgan fingerprint density at radius 3 is 2.60 bits per heavy atom. The summed E-state index contributed by atoms with van der Waals surface area (Å²) in [7, 11) is 5.16. The van der Waals surface area contributed by atoms with Gasteiger partial charge in [-0.05, 0) is 30.0 Å². The van der Waals surface area contributed by atoms with E-state index in [2.05, 4.69) is 24.0 Å². The number of methoxy groups -OCH3 is 1. The van der Waals surface area contributed by atoms with Crippen molar-refractivity contribution < 1.29 is 13.9 Å². The number of carbonyl (C=O) groups is 1. The van der Waals surface area contributed by atoms with Gasteiger partial charge in [0.25, 0.3) is 0 Å². The van der Waals surface area contributed by atoms with Gasteiger partial charge < -0.3 is 14.5 Å². The van der Waals surface area contributed by atoms with E-state index in [4.69, 9.17) is 4.74 Å². The molecule has 0 aliphatic carbocycles. The maximum absolute atomic E-state index is 14.5. The van der Waals surface area contributed by atoms with Crippen LogP contribution in [0.1, 0.15) is 22.7 Å². The number of ether oxygens (including phenoxy) is 1. The Labute approximate surface area is 178 Å². The van der Waals surface area contributed by atoms with Crippen LogP contribution in [0.4, 0.5) is 9.18 Å². The number of carbonyl (C=O) groups excluding carboxylic acids is 1. The van der Waals surface area contributed by atoms with Gasteiger partial charge in [-0.1, -0.05) is 30.3 Å². The van der Waals surface area contributed by atoms with Gasteiger partial charge >= 0.3 is 6.03 Å². The second kappa shape index (κ2) is 8.26. The summed E-state index contributed by atoms with van der Waals surface area (Å²) in [6, 6.07) is 13.5. The van der Waals surface area contributed by atoms with Crippen LogP contribution in [0.15, 0.2) is 42.5 Å². The molecule has 2 aromatic rings. The highest BCUT2D eigenvalue weighted by Gasteiger charge is 2.49. The Morgan fingerprint density at radius 1 is 1.17 bits per heavy atom. The molecule has 0 aromatic heterocycles. The van der Waals surface area contributed by atoms with Crippen LogP contribution in [-0.2, 0) is 6.54 Å². The lowest BCUT2D eigenvalue weighted by Gasteiger charge is -2.32. The third-order valence-corrected chi connectivity index (χ3v) is 6.53. The number of fused-ring (bicyclic) bond motifs is 1. The van der Waals surface area contributed by atoms with Crippen molar-refractivity contribution in [2.75, 3.05) is 40.8 Å². The number of hydrogen-bond acceptors (Lipinski definition) is 3. The quantitative estimate of drug-likeness (QED) is 0.765. The van der Waals surface area contributed by atoms with E-state index in [1.165, 1.54) is 17.2 Å². The topological polar surface area (TPSA) is 36.0 Å². The summed E-state index contributed by atoms with van der Waals surface area (Å²) in [5, 5.41) is 0. The SMILES string of the molecule is COc1ccc(CN2C[C@@H]3CN(C(=O)N(C)C)[C@@H](c4ccccc4C)[C@@H]3C2)c(F)c1. The molecular formula is C24H30FN3O2. The zero-order valence-corrected chi connectivity index (χ0v) is 18.1. The average molecular weight is 412 g/mol. The van der Waals surface area contributed by atoms with Gasteiger partial charge in [0, 0.05) is 57.8 Å². The molecule has 2 amide bonds. The van der Waals surface area contributed by atoms with E-state index in [1.54, 1.807) is 12.0 Å². The van der Waals surface area contributed by atoms with Crippen molar-refractivity contribution in [2.45, 2.75) is 19.5 Å². The van der Waals surface area contributed by atoms with Crippen LogP contribution in [0.5, 0.6) is 5.75 Å². The molecule has 0 N–H and O–H groups in total. The monoisotopic (exact) mass is 411 g/mol. The van der Waals surface area contributed by atoms with E-state index in [1.807, 2.05) is 43.3 Å².